The van der Waals surface area contributed by atoms with E-state index in [4.69, 9.17) is 0 Å². The summed E-state index contributed by atoms with van der Waals surface area (Å²) in [5, 5.41) is 0. The molecular weight excluding hydrogens is 336 g/mol. The zero-order valence-electron chi connectivity index (χ0n) is 16.0. The van der Waals surface area contributed by atoms with Crippen LogP contribution >= 0.6 is 0 Å². The molecule has 1 aliphatic heterocycles. The Balaban J connectivity index is 1.62. The summed E-state index contributed by atoms with van der Waals surface area (Å²) < 4.78 is 2.23. The molecule has 0 aliphatic carbocycles. The maximum atomic E-state index is 13.4. The van der Waals surface area contributed by atoms with Crippen molar-refractivity contribution >= 4 is 5.91 Å². The van der Waals surface area contributed by atoms with E-state index in [0.717, 1.165) is 55.1 Å². The van der Waals surface area contributed by atoms with Crippen molar-refractivity contribution in [3.8, 4) is 0 Å². The van der Waals surface area contributed by atoms with Gasteiger partial charge < -0.3 is 14.5 Å². The lowest BCUT2D eigenvalue weighted by Crippen LogP contribution is -2.39. The van der Waals surface area contributed by atoms with Crippen molar-refractivity contribution in [1.29, 1.82) is 0 Å². The lowest BCUT2D eigenvalue weighted by Gasteiger charge is -2.34. The van der Waals surface area contributed by atoms with Crippen molar-refractivity contribution in [2.45, 2.75) is 45.7 Å². The molecule has 0 radical (unpaired) electrons. The number of rotatable bonds is 4. The third-order valence-corrected chi connectivity index (χ3v) is 5.59. The number of aryl methyl sites for hydroxylation is 1. The number of nitrogens with one attached hydrogen (secondary N) is 1. The number of aromatic nitrogens is 3. The van der Waals surface area contributed by atoms with E-state index in [9.17, 15) is 4.79 Å². The van der Waals surface area contributed by atoms with Gasteiger partial charge in [0.1, 0.15) is 5.82 Å². The molecule has 1 N–H and O–H groups in total. The number of carbonyl (C=O) groups is 1. The topological polar surface area (TPSA) is 53.9 Å². The minimum absolute atomic E-state index is 0.0402. The summed E-state index contributed by atoms with van der Waals surface area (Å²) in [7, 11) is 0. The molecule has 3 aromatic rings. The largest absolute Gasteiger partial charge is 0.347 e. The highest BCUT2D eigenvalue weighted by molar-refractivity contribution is 5.96. The number of amides is 1. The number of benzene rings is 1. The summed E-state index contributed by atoms with van der Waals surface area (Å²) in [6.45, 7) is 5.70. The Kier molecular flexibility index (Phi) is 4.84. The number of H-pyrrole nitrogens is 1. The highest BCUT2D eigenvalue weighted by Crippen LogP contribution is 2.31. The van der Waals surface area contributed by atoms with Crippen molar-refractivity contribution in [1.82, 2.24) is 19.4 Å². The second-order valence-electron chi connectivity index (χ2n) is 7.34. The fraction of sp³-hybridized carbons (Fsp3) is 0.364. The number of imidazole rings is 1. The third-order valence-electron chi connectivity index (χ3n) is 5.59. The zero-order valence-corrected chi connectivity index (χ0v) is 16.0. The molecule has 1 amide bonds. The predicted molar refractivity (Wildman–Crippen MR) is 106 cm³/mol. The van der Waals surface area contributed by atoms with E-state index in [2.05, 4.69) is 52.6 Å². The summed E-state index contributed by atoms with van der Waals surface area (Å²) in [6, 6.07) is 12.5. The molecule has 0 bridgehead atoms. The second-order valence-corrected chi connectivity index (χ2v) is 7.34. The first-order chi connectivity index (χ1) is 13.1. The van der Waals surface area contributed by atoms with Crippen LogP contribution in [0.25, 0.3) is 0 Å². The highest BCUT2D eigenvalue weighted by atomic mass is 16.2. The third kappa shape index (κ3) is 3.42. The SMILES string of the molecule is Cc1cc(C(=O)N2CCCCC2c2ncc[nH]2)c(C)n1Cc1ccccc1. The summed E-state index contributed by atoms with van der Waals surface area (Å²) in [5.74, 6) is 1.00. The molecule has 2 aromatic heterocycles. The van der Waals surface area contributed by atoms with Crippen molar-refractivity contribution in [3.05, 3.63) is 77.1 Å². The Bertz CT molecular complexity index is 911. The number of piperidine rings is 1. The van der Waals surface area contributed by atoms with Gasteiger partial charge in [-0.1, -0.05) is 30.3 Å². The van der Waals surface area contributed by atoms with E-state index < -0.39 is 0 Å². The van der Waals surface area contributed by atoms with Crippen LogP contribution in [0.2, 0.25) is 0 Å². The normalized spacial score (nSPS) is 17.3. The molecule has 3 heterocycles. The minimum atomic E-state index is 0.0402. The number of hydrogen-bond acceptors (Lipinski definition) is 2. The molecule has 4 rings (SSSR count). The van der Waals surface area contributed by atoms with Crippen LogP contribution in [-0.2, 0) is 6.54 Å². The standard InChI is InChI=1S/C22H26N4O/c1-16-14-19(17(2)26(16)15-18-8-4-3-5-9-18)22(27)25-13-7-6-10-20(25)21-23-11-12-24-21/h3-5,8-9,11-12,14,20H,6-7,10,13,15H2,1-2H3,(H,23,24). The van der Waals surface area contributed by atoms with E-state index >= 15 is 0 Å². The van der Waals surface area contributed by atoms with Gasteiger partial charge >= 0.3 is 0 Å². The van der Waals surface area contributed by atoms with Crippen LogP contribution in [0.3, 0.4) is 0 Å². The van der Waals surface area contributed by atoms with E-state index in [1.807, 2.05) is 23.2 Å². The molecular formula is C22H26N4O. The predicted octanol–water partition coefficient (Wildman–Crippen LogP) is 4.24. The smallest absolute Gasteiger partial charge is 0.256 e. The van der Waals surface area contributed by atoms with Crippen molar-refractivity contribution in [2.24, 2.45) is 0 Å². The first kappa shape index (κ1) is 17.6. The molecule has 1 aliphatic rings. The van der Waals surface area contributed by atoms with Gasteiger partial charge in [0.15, 0.2) is 0 Å². The Morgan fingerprint density at radius 1 is 1.22 bits per heavy atom. The van der Waals surface area contributed by atoms with Gasteiger partial charge in [-0.3, -0.25) is 4.79 Å². The maximum absolute atomic E-state index is 13.4. The maximum Gasteiger partial charge on any atom is 0.256 e. The van der Waals surface area contributed by atoms with Crippen molar-refractivity contribution in [3.63, 3.8) is 0 Å². The van der Waals surface area contributed by atoms with Gasteiger partial charge in [0.25, 0.3) is 5.91 Å². The van der Waals surface area contributed by atoms with Crippen LogP contribution in [-0.4, -0.2) is 31.9 Å². The molecule has 1 fully saturated rings. The molecule has 1 unspecified atom stereocenters. The molecule has 0 saturated carbocycles. The molecule has 140 valence electrons. The average molecular weight is 362 g/mol. The molecule has 1 saturated heterocycles. The Labute approximate surface area is 160 Å². The molecule has 27 heavy (non-hydrogen) atoms. The summed E-state index contributed by atoms with van der Waals surface area (Å²) in [5.41, 5.74) is 4.20. The van der Waals surface area contributed by atoms with Crippen LogP contribution in [0.15, 0.2) is 48.8 Å². The molecule has 1 aromatic carbocycles. The first-order valence-electron chi connectivity index (χ1n) is 9.66. The van der Waals surface area contributed by atoms with Crippen LogP contribution in [0.5, 0.6) is 0 Å². The number of hydrogen-bond donors (Lipinski definition) is 1. The van der Waals surface area contributed by atoms with Crippen LogP contribution in [0.1, 0.15) is 58.4 Å². The van der Waals surface area contributed by atoms with Gasteiger partial charge in [-0.25, -0.2) is 4.98 Å². The highest BCUT2D eigenvalue weighted by Gasteiger charge is 2.31. The number of carbonyl (C=O) groups excluding carboxylic acids is 1. The number of nitrogens with zero attached hydrogens (tertiary/aromatic N) is 3. The number of aromatic amines is 1. The molecule has 5 heteroatoms. The Morgan fingerprint density at radius 2 is 2.04 bits per heavy atom. The second kappa shape index (κ2) is 7.43. The Hall–Kier alpha value is -2.82. The monoisotopic (exact) mass is 362 g/mol. The van der Waals surface area contributed by atoms with E-state index in [0.29, 0.717) is 0 Å². The van der Waals surface area contributed by atoms with E-state index in [1.54, 1.807) is 6.20 Å². The lowest BCUT2D eigenvalue weighted by atomic mass is 10.00. The molecule has 0 spiro atoms. The van der Waals surface area contributed by atoms with E-state index in [-0.39, 0.29) is 11.9 Å². The molecule has 1 atom stereocenters. The van der Waals surface area contributed by atoms with Gasteiger partial charge in [-0.05, 0) is 44.7 Å². The lowest BCUT2D eigenvalue weighted by molar-refractivity contribution is 0.0600. The van der Waals surface area contributed by atoms with Gasteiger partial charge in [0, 0.05) is 36.9 Å². The summed E-state index contributed by atoms with van der Waals surface area (Å²) >= 11 is 0. The van der Waals surface area contributed by atoms with Crippen molar-refractivity contribution < 1.29 is 4.79 Å². The van der Waals surface area contributed by atoms with E-state index in [1.165, 1.54) is 5.56 Å². The Morgan fingerprint density at radius 3 is 2.78 bits per heavy atom. The quantitative estimate of drug-likeness (QED) is 0.754. The first-order valence-corrected chi connectivity index (χ1v) is 9.66. The van der Waals surface area contributed by atoms with Crippen LogP contribution < -0.4 is 0 Å². The summed E-state index contributed by atoms with van der Waals surface area (Å²) in [6.07, 6.45) is 6.73. The van der Waals surface area contributed by atoms with Gasteiger partial charge in [-0.2, -0.15) is 0 Å². The van der Waals surface area contributed by atoms with Crippen molar-refractivity contribution in [2.75, 3.05) is 6.54 Å². The molecule has 5 nitrogen and oxygen atoms in total. The summed E-state index contributed by atoms with van der Waals surface area (Å²) in [4.78, 5) is 23.0. The fourth-order valence-electron chi connectivity index (χ4n) is 4.10. The average Bonchev–Trinajstić information content (AvgIpc) is 3.33. The van der Waals surface area contributed by atoms with Gasteiger partial charge in [0.05, 0.1) is 11.6 Å². The van der Waals surface area contributed by atoms with Gasteiger partial charge in [0.2, 0.25) is 0 Å². The van der Waals surface area contributed by atoms with Crippen LogP contribution in [0, 0.1) is 13.8 Å². The zero-order chi connectivity index (χ0) is 18.8. The fourth-order valence-corrected chi connectivity index (χ4v) is 4.10. The van der Waals surface area contributed by atoms with Crippen LogP contribution in [0.4, 0.5) is 0 Å². The number of likely N-dealkylation sites (tertiary alicyclic amines) is 1. The minimum Gasteiger partial charge on any atom is -0.347 e. The van der Waals surface area contributed by atoms with Gasteiger partial charge in [-0.15, -0.1) is 0 Å².